The van der Waals surface area contributed by atoms with E-state index >= 15 is 0 Å². The van der Waals surface area contributed by atoms with Gasteiger partial charge in [0, 0.05) is 18.9 Å². The lowest BCUT2D eigenvalue weighted by Crippen LogP contribution is -2.47. The molecule has 35 heavy (non-hydrogen) atoms. The summed E-state index contributed by atoms with van der Waals surface area (Å²) in [5.41, 5.74) is 4.59. The van der Waals surface area contributed by atoms with Crippen LogP contribution in [0.3, 0.4) is 0 Å². The maximum atomic E-state index is 12.6. The van der Waals surface area contributed by atoms with Gasteiger partial charge in [0.1, 0.15) is 12.6 Å². The van der Waals surface area contributed by atoms with Crippen LogP contribution in [-0.4, -0.2) is 42.3 Å². The van der Waals surface area contributed by atoms with Crippen molar-refractivity contribution >= 4 is 18.0 Å². The van der Waals surface area contributed by atoms with Crippen molar-refractivity contribution in [2.45, 2.75) is 64.3 Å². The van der Waals surface area contributed by atoms with E-state index in [1.165, 1.54) is 0 Å². The number of amides is 2. The molecule has 2 aromatic carbocycles. The quantitative estimate of drug-likeness (QED) is 0.370. The second-order valence-electron chi connectivity index (χ2n) is 9.10. The Morgan fingerprint density at radius 2 is 1.57 bits per heavy atom. The molecule has 2 aromatic rings. The summed E-state index contributed by atoms with van der Waals surface area (Å²) in [6.45, 7) is 4.55. The predicted octanol–water partition coefficient (Wildman–Crippen LogP) is 5.09. The summed E-state index contributed by atoms with van der Waals surface area (Å²) in [6.07, 6.45) is 3.19. The lowest BCUT2D eigenvalue weighted by atomic mass is 9.94. The Bertz CT molecular complexity index is 976. The fraction of sp³-hybridized carbons (Fsp3) is 0.464. The van der Waals surface area contributed by atoms with E-state index in [1.807, 2.05) is 31.2 Å². The van der Waals surface area contributed by atoms with Crippen LogP contribution >= 0.6 is 0 Å². The van der Waals surface area contributed by atoms with Gasteiger partial charge < -0.3 is 20.5 Å². The summed E-state index contributed by atoms with van der Waals surface area (Å²) < 4.78 is 5.57. The third-order valence-corrected chi connectivity index (χ3v) is 6.68. The van der Waals surface area contributed by atoms with Crippen LogP contribution in [0, 0.1) is 5.92 Å². The van der Waals surface area contributed by atoms with Crippen LogP contribution in [0.1, 0.15) is 69.4 Å². The molecule has 0 aliphatic heterocycles. The number of carboxylic acids is 1. The van der Waals surface area contributed by atoms with Gasteiger partial charge in [0.05, 0.1) is 0 Å². The number of fused-ring (bicyclic) bond motifs is 3. The highest BCUT2D eigenvalue weighted by Gasteiger charge is 2.29. The van der Waals surface area contributed by atoms with E-state index in [1.54, 1.807) is 0 Å². The lowest BCUT2D eigenvalue weighted by Gasteiger charge is -2.20. The average Bonchev–Trinajstić information content (AvgIpc) is 3.18. The molecule has 0 bridgehead atoms. The zero-order chi connectivity index (χ0) is 25.2. The molecule has 7 heteroatoms. The Labute approximate surface area is 207 Å². The minimum absolute atomic E-state index is 0.0386. The molecule has 7 nitrogen and oxygen atoms in total. The first kappa shape index (κ1) is 26.3. The van der Waals surface area contributed by atoms with Crippen LogP contribution in [0.15, 0.2) is 48.5 Å². The highest BCUT2D eigenvalue weighted by atomic mass is 16.5. The number of aliphatic carboxylic acids is 1. The van der Waals surface area contributed by atoms with Gasteiger partial charge in [-0.2, -0.15) is 0 Å². The fourth-order valence-corrected chi connectivity index (χ4v) is 4.83. The molecule has 0 saturated carbocycles. The first-order valence-corrected chi connectivity index (χ1v) is 12.6. The summed E-state index contributed by atoms with van der Waals surface area (Å²) in [6, 6.07) is 15.6. The maximum Gasteiger partial charge on any atom is 0.407 e. The molecule has 3 N–H and O–H groups in total. The molecule has 0 aromatic heterocycles. The lowest BCUT2D eigenvalue weighted by molar-refractivity contribution is -0.137. The number of hydrogen-bond donors (Lipinski definition) is 3. The third-order valence-electron chi connectivity index (χ3n) is 6.68. The Morgan fingerprint density at radius 3 is 2.14 bits per heavy atom. The molecule has 0 radical (unpaired) electrons. The monoisotopic (exact) mass is 480 g/mol. The first-order valence-electron chi connectivity index (χ1n) is 12.6. The van der Waals surface area contributed by atoms with Crippen molar-refractivity contribution in [1.82, 2.24) is 10.6 Å². The smallest absolute Gasteiger partial charge is 0.407 e. The molecule has 2 atom stereocenters. The second-order valence-corrected chi connectivity index (χ2v) is 9.10. The molecule has 0 fully saturated rings. The van der Waals surface area contributed by atoms with Crippen molar-refractivity contribution < 1.29 is 24.2 Å². The number of carbonyl (C=O) groups is 3. The van der Waals surface area contributed by atoms with Crippen LogP contribution in [-0.2, 0) is 14.3 Å². The zero-order valence-corrected chi connectivity index (χ0v) is 20.6. The van der Waals surface area contributed by atoms with Crippen molar-refractivity contribution in [3.8, 4) is 11.1 Å². The summed E-state index contributed by atoms with van der Waals surface area (Å²) >= 11 is 0. The third kappa shape index (κ3) is 7.07. The Balaban J connectivity index is 1.49. The van der Waals surface area contributed by atoms with E-state index in [2.05, 4.69) is 41.8 Å². The maximum absolute atomic E-state index is 12.6. The average molecular weight is 481 g/mol. The number of hydrogen-bond acceptors (Lipinski definition) is 4. The largest absolute Gasteiger partial charge is 0.481 e. The molecule has 1 unspecified atom stereocenters. The number of alkyl carbamates (subject to hydrolysis) is 1. The van der Waals surface area contributed by atoms with Gasteiger partial charge in [-0.3, -0.25) is 9.59 Å². The molecular formula is C28H36N2O5. The molecular weight excluding hydrogens is 444 g/mol. The Morgan fingerprint density at radius 1 is 0.943 bits per heavy atom. The standard InChI is InChI=1S/C28H36N2O5/c1-3-9-19(14-15-26(31)32)16-17-29-27(33)25(4-2)30-28(34)35-18-24-22-12-7-5-10-20(22)21-11-6-8-13-23(21)24/h5-8,10-13,19,24-25H,3-4,9,14-18H2,1-2H3,(H,29,33)(H,30,34)(H,31,32)/t19?,25-/m0/s1. The minimum atomic E-state index is -0.798. The van der Waals surface area contributed by atoms with Gasteiger partial charge in [0.2, 0.25) is 5.91 Å². The molecule has 0 saturated heterocycles. The summed E-state index contributed by atoms with van der Waals surface area (Å²) in [7, 11) is 0. The van der Waals surface area contributed by atoms with Gasteiger partial charge in [-0.15, -0.1) is 0 Å². The molecule has 2 amide bonds. The van der Waals surface area contributed by atoms with E-state index in [-0.39, 0.29) is 30.8 Å². The summed E-state index contributed by atoms with van der Waals surface area (Å²) in [4.78, 5) is 36.0. The van der Waals surface area contributed by atoms with Gasteiger partial charge >= 0.3 is 12.1 Å². The van der Waals surface area contributed by atoms with Crippen molar-refractivity contribution in [1.29, 1.82) is 0 Å². The number of carbonyl (C=O) groups excluding carboxylic acids is 2. The van der Waals surface area contributed by atoms with Crippen molar-refractivity contribution in [2.75, 3.05) is 13.2 Å². The number of benzene rings is 2. The fourth-order valence-electron chi connectivity index (χ4n) is 4.83. The molecule has 3 rings (SSSR count). The first-order chi connectivity index (χ1) is 16.9. The van der Waals surface area contributed by atoms with E-state index in [0.29, 0.717) is 25.8 Å². The van der Waals surface area contributed by atoms with Crippen LogP contribution in [0.25, 0.3) is 11.1 Å². The van der Waals surface area contributed by atoms with E-state index < -0.39 is 18.1 Å². The van der Waals surface area contributed by atoms with Crippen LogP contribution < -0.4 is 10.6 Å². The van der Waals surface area contributed by atoms with E-state index in [9.17, 15) is 14.4 Å². The molecule has 1 aliphatic carbocycles. The van der Waals surface area contributed by atoms with Crippen LogP contribution in [0.5, 0.6) is 0 Å². The molecule has 188 valence electrons. The minimum Gasteiger partial charge on any atom is -0.481 e. The zero-order valence-electron chi connectivity index (χ0n) is 20.6. The molecule has 1 aliphatic rings. The van der Waals surface area contributed by atoms with Crippen LogP contribution in [0.2, 0.25) is 0 Å². The molecule has 0 heterocycles. The van der Waals surface area contributed by atoms with E-state index in [0.717, 1.165) is 35.1 Å². The van der Waals surface area contributed by atoms with Gasteiger partial charge in [-0.25, -0.2) is 4.79 Å². The SMILES string of the molecule is CCCC(CCNC(=O)[C@H](CC)NC(=O)OCC1c2ccccc2-c2ccccc21)CCC(=O)O. The number of nitrogens with one attached hydrogen (secondary N) is 2. The van der Waals surface area contributed by atoms with Crippen LogP contribution in [0.4, 0.5) is 4.79 Å². The van der Waals surface area contributed by atoms with E-state index in [4.69, 9.17) is 9.84 Å². The Hall–Kier alpha value is -3.35. The predicted molar refractivity (Wildman–Crippen MR) is 135 cm³/mol. The highest BCUT2D eigenvalue weighted by molar-refractivity contribution is 5.85. The number of rotatable bonds is 13. The topological polar surface area (TPSA) is 105 Å². The highest BCUT2D eigenvalue weighted by Crippen LogP contribution is 2.44. The summed E-state index contributed by atoms with van der Waals surface area (Å²) in [5, 5.41) is 14.5. The van der Waals surface area contributed by atoms with Gasteiger partial charge in [-0.05, 0) is 47.4 Å². The van der Waals surface area contributed by atoms with Gasteiger partial charge in [0.25, 0.3) is 0 Å². The van der Waals surface area contributed by atoms with Gasteiger partial charge in [-0.1, -0.05) is 75.2 Å². The van der Waals surface area contributed by atoms with Crippen molar-refractivity contribution in [3.63, 3.8) is 0 Å². The van der Waals surface area contributed by atoms with Gasteiger partial charge in [0.15, 0.2) is 0 Å². The Kier molecular flexibility index (Phi) is 9.70. The molecule has 0 spiro atoms. The van der Waals surface area contributed by atoms with Crippen molar-refractivity contribution in [3.05, 3.63) is 59.7 Å². The summed E-state index contributed by atoms with van der Waals surface area (Å²) in [5.74, 6) is -0.835. The second kappa shape index (κ2) is 12.9. The normalized spacial score (nSPS) is 13.9. The van der Waals surface area contributed by atoms with Crippen molar-refractivity contribution in [2.24, 2.45) is 5.92 Å². The number of carboxylic acid groups (broad SMARTS) is 1. The number of ether oxygens (including phenoxy) is 1.